The number of aromatic nitrogens is 3. The fourth-order valence-corrected chi connectivity index (χ4v) is 1.90. The van der Waals surface area contributed by atoms with Crippen LogP contribution in [-0.2, 0) is 0 Å². The van der Waals surface area contributed by atoms with Gasteiger partial charge in [-0.3, -0.25) is 0 Å². The van der Waals surface area contributed by atoms with Gasteiger partial charge < -0.3 is 5.73 Å². The summed E-state index contributed by atoms with van der Waals surface area (Å²) in [6.07, 6.45) is 5.66. The van der Waals surface area contributed by atoms with Gasteiger partial charge in [0.2, 0.25) is 0 Å². The summed E-state index contributed by atoms with van der Waals surface area (Å²) in [5, 5.41) is 4.44. The van der Waals surface area contributed by atoms with Crippen LogP contribution in [0.1, 0.15) is 11.3 Å². The van der Waals surface area contributed by atoms with Gasteiger partial charge in [-0.2, -0.15) is 9.78 Å². The number of anilines is 1. The standard InChI is InChI=1S/C16H14N4/c17-15-12-14(10-9-13-6-2-1-3-7-13)19-20(15)16-8-4-5-11-18-16/h1-12H,17H2/b10-9+. The Hall–Kier alpha value is -2.88. The summed E-state index contributed by atoms with van der Waals surface area (Å²) in [6.45, 7) is 0. The van der Waals surface area contributed by atoms with E-state index in [9.17, 15) is 0 Å². The molecule has 98 valence electrons. The molecule has 3 aromatic rings. The predicted octanol–water partition coefficient (Wildman–Crippen LogP) is 3.02. The molecular formula is C16H14N4. The van der Waals surface area contributed by atoms with Gasteiger partial charge in [-0.1, -0.05) is 42.5 Å². The van der Waals surface area contributed by atoms with Gasteiger partial charge in [0, 0.05) is 12.3 Å². The highest BCUT2D eigenvalue weighted by atomic mass is 15.3. The predicted molar refractivity (Wildman–Crippen MR) is 81.1 cm³/mol. The molecule has 20 heavy (non-hydrogen) atoms. The van der Waals surface area contributed by atoms with E-state index in [4.69, 9.17) is 5.73 Å². The maximum atomic E-state index is 5.97. The minimum absolute atomic E-state index is 0.566. The van der Waals surface area contributed by atoms with Crippen LogP contribution in [0.2, 0.25) is 0 Å². The topological polar surface area (TPSA) is 56.7 Å². The van der Waals surface area contributed by atoms with Gasteiger partial charge in [0.1, 0.15) is 5.82 Å². The summed E-state index contributed by atoms with van der Waals surface area (Å²) in [5.41, 5.74) is 7.90. The Kier molecular flexibility index (Phi) is 3.29. The molecule has 2 N–H and O–H groups in total. The molecule has 0 aliphatic rings. The fourth-order valence-electron chi connectivity index (χ4n) is 1.90. The molecule has 0 bridgehead atoms. The Morgan fingerprint density at radius 2 is 1.75 bits per heavy atom. The van der Waals surface area contributed by atoms with Crippen molar-refractivity contribution in [3.8, 4) is 5.82 Å². The Labute approximate surface area is 117 Å². The lowest BCUT2D eigenvalue weighted by atomic mass is 10.2. The fraction of sp³-hybridized carbons (Fsp3) is 0. The van der Waals surface area contributed by atoms with Crippen molar-refractivity contribution in [1.82, 2.24) is 14.8 Å². The molecule has 1 aromatic carbocycles. The first-order valence-corrected chi connectivity index (χ1v) is 6.33. The summed E-state index contributed by atoms with van der Waals surface area (Å²) in [7, 11) is 0. The van der Waals surface area contributed by atoms with E-state index in [1.807, 2.05) is 66.7 Å². The Morgan fingerprint density at radius 1 is 0.950 bits per heavy atom. The van der Waals surface area contributed by atoms with Gasteiger partial charge in [0.25, 0.3) is 0 Å². The molecule has 0 saturated heterocycles. The van der Waals surface area contributed by atoms with Crippen molar-refractivity contribution in [3.63, 3.8) is 0 Å². The number of benzene rings is 1. The summed E-state index contributed by atoms with van der Waals surface area (Å²) in [6, 6.07) is 17.5. The largest absolute Gasteiger partial charge is 0.384 e. The summed E-state index contributed by atoms with van der Waals surface area (Å²) < 4.78 is 1.63. The van der Waals surface area contributed by atoms with Crippen molar-refractivity contribution in [3.05, 3.63) is 72.1 Å². The van der Waals surface area contributed by atoms with Gasteiger partial charge >= 0.3 is 0 Å². The number of nitrogen functional groups attached to an aromatic ring is 1. The van der Waals surface area contributed by atoms with Crippen LogP contribution in [0.5, 0.6) is 0 Å². The normalized spacial score (nSPS) is 11.0. The van der Waals surface area contributed by atoms with Crippen LogP contribution in [0.15, 0.2) is 60.8 Å². The average Bonchev–Trinajstić information content (AvgIpc) is 2.88. The third-order valence-electron chi connectivity index (χ3n) is 2.87. The second kappa shape index (κ2) is 5.40. The van der Waals surface area contributed by atoms with E-state index >= 15 is 0 Å². The van der Waals surface area contributed by atoms with Crippen molar-refractivity contribution in [2.75, 3.05) is 5.73 Å². The minimum Gasteiger partial charge on any atom is -0.384 e. The van der Waals surface area contributed by atoms with Gasteiger partial charge in [-0.25, -0.2) is 4.98 Å². The van der Waals surface area contributed by atoms with E-state index in [0.29, 0.717) is 11.6 Å². The average molecular weight is 262 g/mol. The quantitative estimate of drug-likeness (QED) is 0.789. The molecule has 0 aliphatic carbocycles. The maximum absolute atomic E-state index is 5.97. The highest BCUT2D eigenvalue weighted by Crippen LogP contribution is 2.14. The molecule has 2 aromatic heterocycles. The minimum atomic E-state index is 0.566. The van der Waals surface area contributed by atoms with Crippen LogP contribution >= 0.6 is 0 Å². The molecule has 0 saturated carbocycles. The Morgan fingerprint density at radius 3 is 2.50 bits per heavy atom. The van der Waals surface area contributed by atoms with Crippen LogP contribution in [0.3, 0.4) is 0 Å². The first-order valence-electron chi connectivity index (χ1n) is 6.33. The van der Waals surface area contributed by atoms with Crippen molar-refractivity contribution in [2.45, 2.75) is 0 Å². The molecule has 0 amide bonds. The second-order valence-electron chi connectivity index (χ2n) is 4.34. The smallest absolute Gasteiger partial charge is 0.155 e. The van der Waals surface area contributed by atoms with Crippen LogP contribution in [0.4, 0.5) is 5.82 Å². The lowest BCUT2D eigenvalue weighted by Gasteiger charge is -2.00. The van der Waals surface area contributed by atoms with Gasteiger partial charge in [0.15, 0.2) is 5.82 Å². The van der Waals surface area contributed by atoms with Gasteiger partial charge in [0.05, 0.1) is 5.69 Å². The SMILES string of the molecule is Nc1cc(/C=C/c2ccccc2)nn1-c1ccccn1. The lowest BCUT2D eigenvalue weighted by molar-refractivity contribution is 0.853. The van der Waals surface area contributed by atoms with Crippen LogP contribution in [0, 0.1) is 0 Å². The Bertz CT molecular complexity index is 715. The molecule has 4 nitrogen and oxygen atoms in total. The molecule has 0 atom stereocenters. The van der Waals surface area contributed by atoms with Gasteiger partial charge in [-0.05, 0) is 23.8 Å². The van der Waals surface area contributed by atoms with E-state index in [1.165, 1.54) is 0 Å². The van der Waals surface area contributed by atoms with E-state index in [0.717, 1.165) is 11.3 Å². The van der Waals surface area contributed by atoms with Gasteiger partial charge in [-0.15, -0.1) is 0 Å². The third-order valence-corrected chi connectivity index (χ3v) is 2.87. The maximum Gasteiger partial charge on any atom is 0.155 e. The second-order valence-corrected chi connectivity index (χ2v) is 4.34. The first-order chi connectivity index (χ1) is 9.83. The first kappa shape index (κ1) is 12.2. The molecule has 0 unspecified atom stereocenters. The zero-order chi connectivity index (χ0) is 13.8. The highest BCUT2D eigenvalue weighted by Gasteiger charge is 2.05. The number of hydrogen-bond acceptors (Lipinski definition) is 3. The third kappa shape index (κ3) is 2.59. The highest BCUT2D eigenvalue weighted by molar-refractivity contribution is 5.69. The molecule has 2 heterocycles. The number of nitrogens with zero attached hydrogens (tertiary/aromatic N) is 3. The van der Waals surface area contributed by atoms with E-state index in [2.05, 4.69) is 10.1 Å². The van der Waals surface area contributed by atoms with Crippen LogP contribution in [0.25, 0.3) is 18.0 Å². The monoisotopic (exact) mass is 262 g/mol. The Balaban J connectivity index is 1.88. The lowest BCUT2D eigenvalue weighted by Crippen LogP contribution is -2.03. The number of nitrogens with two attached hydrogens (primary N) is 1. The molecule has 0 radical (unpaired) electrons. The zero-order valence-corrected chi connectivity index (χ0v) is 10.8. The van der Waals surface area contributed by atoms with E-state index < -0.39 is 0 Å². The molecular weight excluding hydrogens is 248 g/mol. The summed E-state index contributed by atoms with van der Waals surface area (Å²) in [4.78, 5) is 4.24. The summed E-state index contributed by atoms with van der Waals surface area (Å²) in [5.74, 6) is 1.28. The van der Waals surface area contributed by atoms with E-state index in [-0.39, 0.29) is 0 Å². The molecule has 3 rings (SSSR count). The molecule has 0 spiro atoms. The van der Waals surface area contributed by atoms with E-state index in [1.54, 1.807) is 10.9 Å². The summed E-state index contributed by atoms with van der Waals surface area (Å²) >= 11 is 0. The number of rotatable bonds is 3. The van der Waals surface area contributed by atoms with Crippen molar-refractivity contribution >= 4 is 18.0 Å². The zero-order valence-electron chi connectivity index (χ0n) is 10.8. The molecule has 4 heteroatoms. The van der Waals surface area contributed by atoms with Crippen molar-refractivity contribution < 1.29 is 0 Å². The van der Waals surface area contributed by atoms with Crippen LogP contribution in [-0.4, -0.2) is 14.8 Å². The number of pyridine rings is 1. The van der Waals surface area contributed by atoms with Crippen molar-refractivity contribution in [1.29, 1.82) is 0 Å². The molecule has 0 aliphatic heterocycles. The molecule has 0 fully saturated rings. The van der Waals surface area contributed by atoms with Crippen LogP contribution < -0.4 is 5.73 Å². The van der Waals surface area contributed by atoms with Crippen molar-refractivity contribution in [2.24, 2.45) is 0 Å². The number of hydrogen-bond donors (Lipinski definition) is 1.